The highest BCUT2D eigenvalue weighted by Crippen LogP contribution is 2.06. The molecule has 6 heteroatoms. The Kier molecular flexibility index (Phi) is 5.66. The first-order valence-electron chi connectivity index (χ1n) is 6.44. The van der Waals surface area contributed by atoms with Crippen molar-refractivity contribution in [2.45, 2.75) is 12.8 Å². The Morgan fingerprint density at radius 1 is 1.05 bits per heavy atom. The molecular weight excluding hydrogens is 286 g/mol. The van der Waals surface area contributed by atoms with Gasteiger partial charge in [-0.25, -0.2) is 5.43 Å². The second-order valence-corrected chi connectivity index (χ2v) is 5.20. The van der Waals surface area contributed by atoms with E-state index in [2.05, 4.69) is 15.8 Å². The molecule has 0 bridgehead atoms. The standard InChI is InChI=1S/C15H15N3O2S/c19-14(17-12-5-2-1-3-6-12)8-9-15(20)18-16-11-13-7-4-10-21-13/h1-7,10-11H,8-9H2,(H,17,19)(H,18,20)/b16-11+. The van der Waals surface area contributed by atoms with Gasteiger partial charge in [0.05, 0.1) is 6.21 Å². The summed E-state index contributed by atoms with van der Waals surface area (Å²) in [7, 11) is 0. The highest BCUT2D eigenvalue weighted by atomic mass is 32.1. The van der Waals surface area contributed by atoms with Crippen molar-refractivity contribution in [1.82, 2.24) is 5.43 Å². The zero-order valence-corrected chi connectivity index (χ0v) is 12.1. The predicted octanol–water partition coefficient (Wildman–Crippen LogP) is 2.62. The van der Waals surface area contributed by atoms with E-state index in [1.54, 1.807) is 18.3 Å². The first-order chi connectivity index (χ1) is 10.2. The molecule has 0 spiro atoms. The fraction of sp³-hybridized carbons (Fsp3) is 0.133. The number of thiophene rings is 1. The van der Waals surface area contributed by atoms with E-state index in [9.17, 15) is 9.59 Å². The molecule has 1 heterocycles. The van der Waals surface area contributed by atoms with Crippen molar-refractivity contribution in [2.24, 2.45) is 5.10 Å². The van der Waals surface area contributed by atoms with Crippen LogP contribution in [-0.4, -0.2) is 18.0 Å². The van der Waals surface area contributed by atoms with Crippen LogP contribution in [0.25, 0.3) is 0 Å². The summed E-state index contributed by atoms with van der Waals surface area (Å²) in [5, 5.41) is 8.48. The Balaban J connectivity index is 1.68. The summed E-state index contributed by atoms with van der Waals surface area (Å²) in [6.07, 6.45) is 1.79. The average Bonchev–Trinajstić information content (AvgIpc) is 2.99. The Bertz CT molecular complexity index is 609. The van der Waals surface area contributed by atoms with Gasteiger partial charge in [0.1, 0.15) is 0 Å². The molecular formula is C15H15N3O2S. The average molecular weight is 301 g/mol. The van der Waals surface area contributed by atoms with E-state index in [4.69, 9.17) is 0 Å². The molecule has 0 fully saturated rings. The van der Waals surface area contributed by atoms with Crippen molar-refractivity contribution < 1.29 is 9.59 Å². The summed E-state index contributed by atoms with van der Waals surface area (Å²) in [6, 6.07) is 12.9. The summed E-state index contributed by atoms with van der Waals surface area (Å²) in [5.41, 5.74) is 3.12. The highest BCUT2D eigenvalue weighted by Gasteiger charge is 2.06. The van der Waals surface area contributed by atoms with Crippen molar-refractivity contribution in [2.75, 3.05) is 5.32 Å². The fourth-order valence-electron chi connectivity index (χ4n) is 1.56. The third-order valence-electron chi connectivity index (χ3n) is 2.56. The number of carbonyl (C=O) groups excluding carboxylic acids is 2. The normalized spacial score (nSPS) is 10.5. The van der Waals surface area contributed by atoms with Gasteiger partial charge in [0.15, 0.2) is 0 Å². The van der Waals surface area contributed by atoms with Crippen LogP contribution in [0.2, 0.25) is 0 Å². The van der Waals surface area contributed by atoms with E-state index < -0.39 is 0 Å². The van der Waals surface area contributed by atoms with Crippen LogP contribution in [0.3, 0.4) is 0 Å². The summed E-state index contributed by atoms with van der Waals surface area (Å²) in [4.78, 5) is 24.1. The number of nitrogens with zero attached hydrogens (tertiary/aromatic N) is 1. The lowest BCUT2D eigenvalue weighted by molar-refractivity contribution is -0.124. The number of amides is 2. The number of rotatable bonds is 6. The van der Waals surface area contributed by atoms with Crippen molar-refractivity contribution in [3.63, 3.8) is 0 Å². The van der Waals surface area contributed by atoms with Gasteiger partial charge in [-0.2, -0.15) is 5.10 Å². The minimum absolute atomic E-state index is 0.0977. The first-order valence-corrected chi connectivity index (χ1v) is 7.32. The van der Waals surface area contributed by atoms with E-state index in [1.807, 2.05) is 35.7 Å². The number of benzene rings is 1. The Hall–Kier alpha value is -2.47. The number of hydrogen-bond donors (Lipinski definition) is 2. The lowest BCUT2D eigenvalue weighted by Crippen LogP contribution is -2.20. The van der Waals surface area contributed by atoms with E-state index >= 15 is 0 Å². The third-order valence-corrected chi connectivity index (χ3v) is 3.37. The molecule has 2 N–H and O–H groups in total. The molecule has 2 aromatic rings. The van der Waals surface area contributed by atoms with E-state index in [0.29, 0.717) is 0 Å². The van der Waals surface area contributed by atoms with E-state index in [1.165, 1.54) is 11.3 Å². The lowest BCUT2D eigenvalue weighted by atomic mass is 10.2. The molecule has 0 unspecified atom stereocenters. The molecule has 1 aromatic carbocycles. The maximum Gasteiger partial charge on any atom is 0.240 e. The molecule has 0 saturated heterocycles. The molecule has 0 aliphatic carbocycles. The van der Waals surface area contributed by atoms with Crippen molar-refractivity contribution in [3.05, 3.63) is 52.7 Å². The van der Waals surface area contributed by atoms with Gasteiger partial charge < -0.3 is 5.32 Å². The number of carbonyl (C=O) groups is 2. The van der Waals surface area contributed by atoms with Gasteiger partial charge in [-0.05, 0) is 23.6 Å². The zero-order chi connectivity index (χ0) is 14.9. The molecule has 5 nitrogen and oxygen atoms in total. The monoisotopic (exact) mass is 301 g/mol. The van der Waals surface area contributed by atoms with Crippen LogP contribution in [0.1, 0.15) is 17.7 Å². The quantitative estimate of drug-likeness (QED) is 0.636. The molecule has 2 amide bonds. The van der Waals surface area contributed by atoms with Gasteiger partial charge in [0.2, 0.25) is 11.8 Å². The molecule has 0 aliphatic heterocycles. The molecule has 0 saturated carbocycles. The van der Waals surface area contributed by atoms with Crippen LogP contribution in [-0.2, 0) is 9.59 Å². The number of hydrazone groups is 1. The molecule has 0 aliphatic rings. The third kappa shape index (κ3) is 5.58. The van der Waals surface area contributed by atoms with Crippen molar-refractivity contribution >= 4 is 35.1 Å². The molecule has 108 valence electrons. The van der Waals surface area contributed by atoms with Crippen LogP contribution in [0, 0.1) is 0 Å². The summed E-state index contributed by atoms with van der Waals surface area (Å²) in [6.45, 7) is 0. The van der Waals surface area contributed by atoms with Crippen LogP contribution in [0.5, 0.6) is 0 Å². The van der Waals surface area contributed by atoms with Crippen LogP contribution >= 0.6 is 11.3 Å². The van der Waals surface area contributed by atoms with Crippen LogP contribution < -0.4 is 10.7 Å². The predicted molar refractivity (Wildman–Crippen MR) is 84.4 cm³/mol. The molecule has 21 heavy (non-hydrogen) atoms. The maximum atomic E-state index is 11.6. The van der Waals surface area contributed by atoms with Gasteiger partial charge in [-0.3, -0.25) is 9.59 Å². The topological polar surface area (TPSA) is 70.6 Å². The molecule has 0 atom stereocenters. The number of nitrogens with one attached hydrogen (secondary N) is 2. The smallest absolute Gasteiger partial charge is 0.240 e. The second kappa shape index (κ2) is 7.96. The second-order valence-electron chi connectivity index (χ2n) is 4.22. The zero-order valence-electron chi connectivity index (χ0n) is 11.3. The highest BCUT2D eigenvalue weighted by molar-refractivity contribution is 7.11. The van der Waals surface area contributed by atoms with Gasteiger partial charge in [0, 0.05) is 23.4 Å². The SMILES string of the molecule is O=C(CCC(=O)Nc1ccccc1)N/N=C/c1cccs1. The minimum atomic E-state index is -0.286. The molecule has 2 rings (SSSR count). The van der Waals surface area contributed by atoms with Crippen molar-refractivity contribution in [3.8, 4) is 0 Å². The van der Waals surface area contributed by atoms with Gasteiger partial charge in [-0.15, -0.1) is 11.3 Å². The molecule has 0 radical (unpaired) electrons. The first kappa shape index (κ1) is 14.9. The van der Waals surface area contributed by atoms with Gasteiger partial charge in [0.25, 0.3) is 0 Å². The molecule has 1 aromatic heterocycles. The summed E-state index contributed by atoms with van der Waals surface area (Å²) < 4.78 is 0. The summed E-state index contributed by atoms with van der Waals surface area (Å²) in [5.74, 6) is -0.482. The van der Waals surface area contributed by atoms with Crippen molar-refractivity contribution in [1.29, 1.82) is 0 Å². The van der Waals surface area contributed by atoms with E-state index in [-0.39, 0.29) is 24.7 Å². The largest absolute Gasteiger partial charge is 0.326 e. The Morgan fingerprint density at radius 2 is 1.81 bits per heavy atom. The van der Waals surface area contributed by atoms with Crippen LogP contribution in [0.4, 0.5) is 5.69 Å². The minimum Gasteiger partial charge on any atom is -0.326 e. The van der Waals surface area contributed by atoms with Crippen LogP contribution in [0.15, 0.2) is 52.9 Å². The van der Waals surface area contributed by atoms with Gasteiger partial charge >= 0.3 is 0 Å². The number of para-hydroxylation sites is 1. The maximum absolute atomic E-state index is 11.6. The number of anilines is 1. The lowest BCUT2D eigenvalue weighted by Gasteiger charge is -2.04. The van der Waals surface area contributed by atoms with Gasteiger partial charge in [-0.1, -0.05) is 24.3 Å². The number of hydrogen-bond acceptors (Lipinski definition) is 4. The Morgan fingerprint density at radius 3 is 2.52 bits per heavy atom. The summed E-state index contributed by atoms with van der Waals surface area (Å²) >= 11 is 1.53. The van der Waals surface area contributed by atoms with E-state index in [0.717, 1.165) is 10.6 Å². The Labute approximate surface area is 126 Å². The fourth-order valence-corrected chi connectivity index (χ4v) is 2.15.